The number of carboxylic acid groups (broad SMARTS) is 1. The van der Waals surface area contributed by atoms with Gasteiger partial charge in [-0.1, -0.05) is 12.1 Å². The Labute approximate surface area is 106 Å². The highest BCUT2D eigenvalue weighted by atomic mass is 19.1. The van der Waals surface area contributed by atoms with Crippen molar-refractivity contribution in [2.24, 2.45) is 0 Å². The standard InChI is InChI=1S/C14H18FNO2/c15-12-4-1-3-11(9-12)10-16(13-6-7-13)8-2-5-14(17)18/h1,3-4,9,13H,2,5-8,10H2,(H,17,18). The van der Waals surface area contributed by atoms with Crippen molar-refractivity contribution in [3.8, 4) is 0 Å². The van der Waals surface area contributed by atoms with Crippen LogP contribution in [0.1, 0.15) is 31.2 Å². The maximum Gasteiger partial charge on any atom is 0.303 e. The van der Waals surface area contributed by atoms with Crippen LogP contribution in [0.2, 0.25) is 0 Å². The lowest BCUT2D eigenvalue weighted by Gasteiger charge is -2.21. The van der Waals surface area contributed by atoms with E-state index in [4.69, 9.17) is 5.11 Å². The molecule has 1 fully saturated rings. The topological polar surface area (TPSA) is 40.5 Å². The Morgan fingerprint density at radius 1 is 1.44 bits per heavy atom. The van der Waals surface area contributed by atoms with E-state index in [1.165, 1.54) is 18.9 Å². The molecule has 1 aromatic rings. The van der Waals surface area contributed by atoms with Crippen molar-refractivity contribution in [3.63, 3.8) is 0 Å². The van der Waals surface area contributed by atoms with E-state index in [-0.39, 0.29) is 12.2 Å². The van der Waals surface area contributed by atoms with E-state index in [9.17, 15) is 9.18 Å². The first-order valence-corrected chi connectivity index (χ1v) is 6.35. The maximum atomic E-state index is 13.1. The van der Waals surface area contributed by atoms with E-state index in [0.29, 0.717) is 19.0 Å². The number of benzene rings is 1. The minimum atomic E-state index is -0.753. The van der Waals surface area contributed by atoms with Gasteiger partial charge in [-0.3, -0.25) is 9.69 Å². The molecule has 0 unspecified atom stereocenters. The second-order valence-electron chi connectivity index (χ2n) is 4.83. The number of halogens is 1. The third kappa shape index (κ3) is 4.11. The van der Waals surface area contributed by atoms with Crippen molar-refractivity contribution in [1.29, 1.82) is 0 Å². The number of carbonyl (C=O) groups is 1. The molecule has 0 amide bonds. The summed E-state index contributed by atoms with van der Waals surface area (Å²) in [6.45, 7) is 1.48. The van der Waals surface area contributed by atoms with Crippen LogP contribution in [0.4, 0.5) is 4.39 Å². The van der Waals surface area contributed by atoms with Crippen molar-refractivity contribution in [2.45, 2.75) is 38.3 Å². The lowest BCUT2D eigenvalue weighted by atomic mass is 10.2. The normalized spacial score (nSPS) is 15.0. The largest absolute Gasteiger partial charge is 0.481 e. The smallest absolute Gasteiger partial charge is 0.303 e. The van der Waals surface area contributed by atoms with Gasteiger partial charge in [-0.15, -0.1) is 0 Å². The van der Waals surface area contributed by atoms with Crippen LogP contribution in [-0.4, -0.2) is 28.6 Å². The molecule has 98 valence electrons. The zero-order valence-electron chi connectivity index (χ0n) is 10.3. The van der Waals surface area contributed by atoms with Crippen LogP contribution < -0.4 is 0 Å². The molecule has 0 spiro atoms. The zero-order valence-corrected chi connectivity index (χ0v) is 10.3. The minimum absolute atomic E-state index is 0.201. The average Bonchev–Trinajstić information content (AvgIpc) is 3.11. The molecule has 0 radical (unpaired) electrons. The predicted octanol–water partition coefficient (Wildman–Crippen LogP) is 2.65. The quantitative estimate of drug-likeness (QED) is 0.810. The van der Waals surface area contributed by atoms with Crippen LogP contribution in [0.5, 0.6) is 0 Å². The molecule has 0 heterocycles. The van der Waals surface area contributed by atoms with E-state index >= 15 is 0 Å². The average molecular weight is 251 g/mol. The Morgan fingerprint density at radius 3 is 2.83 bits per heavy atom. The van der Waals surface area contributed by atoms with Gasteiger partial charge in [-0.25, -0.2) is 4.39 Å². The van der Waals surface area contributed by atoms with Crippen molar-refractivity contribution in [1.82, 2.24) is 4.90 Å². The predicted molar refractivity (Wildman–Crippen MR) is 66.7 cm³/mol. The van der Waals surface area contributed by atoms with Crippen LogP contribution in [0.15, 0.2) is 24.3 Å². The van der Waals surface area contributed by atoms with Gasteiger partial charge in [0.25, 0.3) is 0 Å². The summed E-state index contributed by atoms with van der Waals surface area (Å²) >= 11 is 0. The molecular weight excluding hydrogens is 233 g/mol. The number of hydrogen-bond donors (Lipinski definition) is 1. The third-order valence-corrected chi connectivity index (χ3v) is 3.17. The van der Waals surface area contributed by atoms with E-state index < -0.39 is 5.97 Å². The van der Waals surface area contributed by atoms with E-state index in [1.807, 2.05) is 6.07 Å². The van der Waals surface area contributed by atoms with Gasteiger partial charge in [-0.2, -0.15) is 0 Å². The third-order valence-electron chi connectivity index (χ3n) is 3.17. The van der Waals surface area contributed by atoms with Crippen LogP contribution in [0, 0.1) is 5.82 Å². The van der Waals surface area contributed by atoms with Crippen LogP contribution in [0.25, 0.3) is 0 Å². The van der Waals surface area contributed by atoms with Crippen LogP contribution in [-0.2, 0) is 11.3 Å². The molecule has 1 saturated carbocycles. The Bertz CT molecular complexity index is 418. The highest BCUT2D eigenvalue weighted by molar-refractivity contribution is 5.66. The number of nitrogens with zero attached hydrogens (tertiary/aromatic N) is 1. The SMILES string of the molecule is O=C(O)CCCN(Cc1cccc(F)c1)C1CC1. The molecule has 1 aromatic carbocycles. The summed E-state index contributed by atoms with van der Waals surface area (Å²) in [6.07, 6.45) is 3.19. The van der Waals surface area contributed by atoms with Crippen LogP contribution in [0.3, 0.4) is 0 Å². The molecule has 18 heavy (non-hydrogen) atoms. The number of rotatable bonds is 7. The molecule has 0 saturated heterocycles. The fourth-order valence-electron chi connectivity index (χ4n) is 2.13. The molecular formula is C14H18FNO2. The van der Waals surface area contributed by atoms with Gasteiger partial charge in [0.05, 0.1) is 0 Å². The van der Waals surface area contributed by atoms with E-state index in [1.54, 1.807) is 12.1 Å². The summed E-state index contributed by atoms with van der Waals surface area (Å²) in [4.78, 5) is 12.8. The summed E-state index contributed by atoms with van der Waals surface area (Å²) in [5.41, 5.74) is 0.956. The first-order chi connectivity index (χ1) is 8.65. The molecule has 2 rings (SSSR count). The highest BCUT2D eigenvalue weighted by Crippen LogP contribution is 2.28. The number of carboxylic acids is 1. The lowest BCUT2D eigenvalue weighted by molar-refractivity contribution is -0.137. The Kier molecular flexibility index (Phi) is 4.31. The summed E-state index contributed by atoms with van der Waals surface area (Å²) < 4.78 is 13.1. The summed E-state index contributed by atoms with van der Waals surface area (Å²) in [7, 11) is 0. The molecule has 1 N–H and O–H groups in total. The zero-order chi connectivity index (χ0) is 13.0. The summed E-state index contributed by atoms with van der Waals surface area (Å²) in [5, 5.41) is 8.64. The Hall–Kier alpha value is -1.42. The number of aliphatic carboxylic acids is 1. The van der Waals surface area contributed by atoms with Crippen LogP contribution >= 0.6 is 0 Å². The fraction of sp³-hybridized carbons (Fsp3) is 0.500. The van der Waals surface area contributed by atoms with Gasteiger partial charge in [0, 0.05) is 19.0 Å². The van der Waals surface area contributed by atoms with Crippen molar-refractivity contribution in [3.05, 3.63) is 35.6 Å². The second kappa shape index (κ2) is 5.96. The highest BCUT2D eigenvalue weighted by Gasteiger charge is 2.28. The van der Waals surface area contributed by atoms with E-state index in [0.717, 1.165) is 12.1 Å². The van der Waals surface area contributed by atoms with Crippen molar-refractivity contribution >= 4 is 5.97 Å². The van der Waals surface area contributed by atoms with Gasteiger partial charge in [0.1, 0.15) is 5.82 Å². The van der Waals surface area contributed by atoms with Gasteiger partial charge >= 0.3 is 5.97 Å². The molecule has 3 nitrogen and oxygen atoms in total. The molecule has 0 atom stereocenters. The lowest BCUT2D eigenvalue weighted by Crippen LogP contribution is -2.27. The Balaban J connectivity index is 1.88. The first-order valence-electron chi connectivity index (χ1n) is 6.35. The molecule has 0 aromatic heterocycles. The van der Waals surface area contributed by atoms with Gasteiger partial charge in [-0.05, 0) is 43.5 Å². The summed E-state index contributed by atoms with van der Waals surface area (Å²) in [6, 6.07) is 7.17. The van der Waals surface area contributed by atoms with Crippen molar-refractivity contribution < 1.29 is 14.3 Å². The molecule has 4 heteroatoms. The Morgan fingerprint density at radius 2 is 2.22 bits per heavy atom. The molecule has 0 bridgehead atoms. The second-order valence-corrected chi connectivity index (χ2v) is 4.83. The van der Waals surface area contributed by atoms with Crippen molar-refractivity contribution in [2.75, 3.05) is 6.54 Å². The minimum Gasteiger partial charge on any atom is -0.481 e. The first kappa shape index (κ1) is 13.0. The maximum absolute atomic E-state index is 13.1. The van der Waals surface area contributed by atoms with Gasteiger partial charge in [0.2, 0.25) is 0 Å². The monoisotopic (exact) mass is 251 g/mol. The summed E-state index contributed by atoms with van der Waals surface area (Å²) in [5.74, 6) is -0.967. The van der Waals surface area contributed by atoms with Gasteiger partial charge < -0.3 is 5.11 Å². The van der Waals surface area contributed by atoms with Gasteiger partial charge in [0.15, 0.2) is 0 Å². The number of hydrogen-bond acceptors (Lipinski definition) is 2. The molecule has 1 aliphatic carbocycles. The fourth-order valence-corrected chi connectivity index (χ4v) is 2.13. The molecule has 0 aliphatic heterocycles. The molecule has 1 aliphatic rings. The van der Waals surface area contributed by atoms with E-state index in [2.05, 4.69) is 4.90 Å².